The van der Waals surface area contributed by atoms with Crippen molar-refractivity contribution in [3.8, 4) is 40.3 Å². The standard InChI is InChI=1S/C56H31N5O/c57-32-36-19-18-35(30-37(36)33-58)34-20-22-39(23-21-34)60-49-17-9-6-14-45(49)53-51(60)28-25-43-44-26-29-52-54(56(44)62-55(43)53)46-31-40(24-27-50(46)59(52)38-10-2-1-3-11-38)61-47-15-7-4-12-41(47)42-13-5-8-16-48(42)61/h1-31H. The van der Waals surface area contributed by atoms with Gasteiger partial charge < -0.3 is 18.1 Å². The maximum absolute atomic E-state index is 9.66. The van der Waals surface area contributed by atoms with Crippen LogP contribution >= 0.6 is 0 Å². The molecule has 4 aromatic heterocycles. The van der Waals surface area contributed by atoms with Gasteiger partial charge in [-0.1, -0.05) is 91.0 Å². The Labute approximate surface area is 354 Å². The molecule has 0 fully saturated rings. The van der Waals surface area contributed by atoms with Gasteiger partial charge in [-0.3, -0.25) is 0 Å². The van der Waals surface area contributed by atoms with Crippen LogP contribution < -0.4 is 0 Å². The fourth-order valence-corrected chi connectivity index (χ4v) is 10.0. The van der Waals surface area contributed by atoms with Crippen LogP contribution in [-0.2, 0) is 0 Å². The van der Waals surface area contributed by atoms with Crippen LogP contribution in [0.5, 0.6) is 0 Å². The van der Waals surface area contributed by atoms with Gasteiger partial charge in [0.05, 0.1) is 55.0 Å². The molecule has 0 bridgehead atoms. The Morgan fingerprint density at radius 2 is 0.790 bits per heavy atom. The summed E-state index contributed by atoms with van der Waals surface area (Å²) in [6.45, 7) is 0. The largest absolute Gasteiger partial charge is 0.455 e. The Hall–Kier alpha value is -8.84. The summed E-state index contributed by atoms with van der Waals surface area (Å²) in [6.07, 6.45) is 0. The second-order valence-electron chi connectivity index (χ2n) is 15.9. The highest BCUT2D eigenvalue weighted by molar-refractivity contribution is 6.29. The van der Waals surface area contributed by atoms with Crippen molar-refractivity contribution in [1.29, 1.82) is 10.5 Å². The molecule has 0 unspecified atom stereocenters. The quantitative estimate of drug-likeness (QED) is 0.178. The van der Waals surface area contributed by atoms with Crippen LogP contribution in [0.1, 0.15) is 11.1 Å². The topological polar surface area (TPSA) is 75.5 Å². The molecule has 0 saturated carbocycles. The SMILES string of the molecule is N#Cc1ccc(-c2ccc(-n3c4ccccc4c4c5oc6c(ccc7c6c6cc(-n8c9ccccc9c9ccccc98)ccc6n7-c6ccccc6)c5ccc43)cc2)cc1C#N. The molecule has 6 heteroatoms. The number of hydrogen-bond acceptors (Lipinski definition) is 3. The van der Waals surface area contributed by atoms with E-state index in [1.807, 2.05) is 6.07 Å². The number of fused-ring (bicyclic) bond motifs is 14. The molecule has 0 saturated heterocycles. The molecule has 4 heterocycles. The van der Waals surface area contributed by atoms with Crippen molar-refractivity contribution < 1.29 is 4.42 Å². The Kier molecular flexibility index (Phi) is 7.05. The highest BCUT2D eigenvalue weighted by atomic mass is 16.3. The molecule has 0 aliphatic carbocycles. The molecular weight excluding hydrogens is 759 g/mol. The van der Waals surface area contributed by atoms with Gasteiger partial charge in [-0.05, 0) is 108 Å². The average molecular weight is 790 g/mol. The molecule has 0 atom stereocenters. The maximum atomic E-state index is 9.66. The summed E-state index contributed by atoms with van der Waals surface area (Å²) in [7, 11) is 0. The Morgan fingerprint density at radius 1 is 0.323 bits per heavy atom. The zero-order chi connectivity index (χ0) is 41.1. The van der Waals surface area contributed by atoms with Crippen LogP contribution in [0.4, 0.5) is 0 Å². The summed E-state index contributed by atoms with van der Waals surface area (Å²) in [5, 5.41) is 28.1. The van der Waals surface area contributed by atoms with Crippen molar-refractivity contribution in [1.82, 2.24) is 13.7 Å². The smallest absolute Gasteiger partial charge is 0.145 e. The van der Waals surface area contributed by atoms with Crippen LogP contribution in [0.2, 0.25) is 0 Å². The first-order valence-corrected chi connectivity index (χ1v) is 20.6. The van der Waals surface area contributed by atoms with Crippen molar-refractivity contribution in [2.45, 2.75) is 0 Å². The van der Waals surface area contributed by atoms with Crippen LogP contribution in [0.15, 0.2) is 192 Å². The number of benzene rings is 9. The highest BCUT2D eigenvalue weighted by Gasteiger charge is 2.23. The number of aromatic nitrogens is 3. The van der Waals surface area contributed by atoms with Crippen molar-refractivity contribution in [2.75, 3.05) is 0 Å². The lowest BCUT2D eigenvalue weighted by molar-refractivity contribution is 0.677. The van der Waals surface area contributed by atoms with Gasteiger partial charge in [0.15, 0.2) is 0 Å². The van der Waals surface area contributed by atoms with E-state index in [0.29, 0.717) is 11.1 Å². The summed E-state index contributed by atoms with van der Waals surface area (Å²) in [4.78, 5) is 0. The summed E-state index contributed by atoms with van der Waals surface area (Å²) < 4.78 is 14.3. The first-order chi connectivity index (χ1) is 30.7. The molecule has 286 valence electrons. The van der Waals surface area contributed by atoms with E-state index < -0.39 is 0 Å². The van der Waals surface area contributed by atoms with Gasteiger partial charge in [-0.25, -0.2) is 0 Å². The monoisotopic (exact) mass is 789 g/mol. The van der Waals surface area contributed by atoms with Gasteiger partial charge >= 0.3 is 0 Å². The molecule has 9 aromatic carbocycles. The Morgan fingerprint density at radius 3 is 1.42 bits per heavy atom. The molecule has 62 heavy (non-hydrogen) atoms. The number of para-hydroxylation sites is 4. The third-order valence-electron chi connectivity index (χ3n) is 12.7. The fourth-order valence-electron chi connectivity index (χ4n) is 10.0. The third-order valence-corrected chi connectivity index (χ3v) is 12.7. The molecule has 13 aromatic rings. The van der Waals surface area contributed by atoms with Gasteiger partial charge in [0, 0.05) is 49.4 Å². The number of rotatable bonds is 4. The Balaban J connectivity index is 1.07. The van der Waals surface area contributed by atoms with E-state index in [1.165, 1.54) is 21.8 Å². The van der Waals surface area contributed by atoms with Crippen LogP contribution in [0.25, 0.3) is 116 Å². The van der Waals surface area contributed by atoms with Gasteiger partial charge in [-0.15, -0.1) is 0 Å². The van der Waals surface area contributed by atoms with Gasteiger partial charge in [0.1, 0.15) is 23.3 Å². The van der Waals surface area contributed by atoms with Crippen molar-refractivity contribution >= 4 is 87.4 Å². The molecule has 13 rings (SSSR count). The lowest BCUT2D eigenvalue weighted by Gasteiger charge is -2.10. The molecule has 0 aliphatic rings. The molecule has 0 aliphatic heterocycles. The first kappa shape index (κ1) is 34.1. The molecular formula is C56H31N5O. The summed E-state index contributed by atoms with van der Waals surface area (Å²) in [6, 6.07) is 70.2. The summed E-state index contributed by atoms with van der Waals surface area (Å²) >= 11 is 0. The number of furan rings is 1. The van der Waals surface area contributed by atoms with Gasteiger partial charge in [0.2, 0.25) is 0 Å². The van der Waals surface area contributed by atoms with E-state index in [-0.39, 0.29) is 0 Å². The van der Waals surface area contributed by atoms with Crippen LogP contribution in [0, 0.1) is 22.7 Å². The molecule has 6 nitrogen and oxygen atoms in total. The van der Waals surface area contributed by atoms with E-state index in [1.54, 1.807) is 12.1 Å². The number of hydrogen-bond donors (Lipinski definition) is 0. The molecule has 0 radical (unpaired) electrons. The third kappa shape index (κ3) is 4.66. The van der Waals surface area contributed by atoms with Crippen molar-refractivity contribution in [2.24, 2.45) is 0 Å². The second kappa shape index (κ2) is 12.8. The molecule has 0 spiro atoms. The Bertz CT molecular complexity index is 4060. The van der Waals surface area contributed by atoms with E-state index in [2.05, 4.69) is 196 Å². The van der Waals surface area contributed by atoms with Gasteiger partial charge in [-0.2, -0.15) is 10.5 Å². The second-order valence-corrected chi connectivity index (χ2v) is 15.9. The zero-order valence-corrected chi connectivity index (χ0v) is 33.0. The fraction of sp³-hybridized carbons (Fsp3) is 0. The normalized spacial score (nSPS) is 11.8. The lowest BCUT2D eigenvalue weighted by atomic mass is 10.00. The maximum Gasteiger partial charge on any atom is 0.145 e. The number of nitrogens with zero attached hydrogens (tertiary/aromatic N) is 5. The van der Waals surface area contributed by atoms with Crippen molar-refractivity contribution in [3.05, 3.63) is 199 Å². The van der Waals surface area contributed by atoms with E-state index >= 15 is 0 Å². The number of nitriles is 2. The first-order valence-electron chi connectivity index (χ1n) is 20.6. The van der Waals surface area contributed by atoms with Crippen LogP contribution in [-0.4, -0.2) is 13.7 Å². The molecule has 0 N–H and O–H groups in total. The highest BCUT2D eigenvalue weighted by Crippen LogP contribution is 2.45. The predicted molar refractivity (Wildman–Crippen MR) is 252 cm³/mol. The minimum atomic E-state index is 0.372. The summed E-state index contributed by atoms with van der Waals surface area (Å²) in [5.74, 6) is 0. The van der Waals surface area contributed by atoms with E-state index in [9.17, 15) is 10.5 Å². The van der Waals surface area contributed by atoms with Crippen LogP contribution in [0.3, 0.4) is 0 Å². The minimum absolute atomic E-state index is 0.372. The van der Waals surface area contributed by atoms with Crippen molar-refractivity contribution in [3.63, 3.8) is 0 Å². The van der Waals surface area contributed by atoms with E-state index in [0.717, 1.165) is 93.7 Å². The average Bonchev–Trinajstić information content (AvgIpc) is 4.07. The predicted octanol–water partition coefficient (Wildman–Crippen LogP) is 14.3. The minimum Gasteiger partial charge on any atom is -0.455 e. The lowest BCUT2D eigenvalue weighted by Crippen LogP contribution is -1.95. The summed E-state index contributed by atoms with van der Waals surface area (Å²) in [5.41, 5.74) is 14.2. The molecule has 0 amide bonds. The zero-order valence-electron chi connectivity index (χ0n) is 33.0. The van der Waals surface area contributed by atoms with E-state index in [4.69, 9.17) is 4.42 Å². The van der Waals surface area contributed by atoms with Gasteiger partial charge in [0.25, 0.3) is 0 Å².